The number of unbranched alkanes of at least 4 members (excludes halogenated alkanes) is 20. The summed E-state index contributed by atoms with van der Waals surface area (Å²) in [7, 11) is 0. The topological polar surface area (TPSA) is 78.9 Å². The lowest BCUT2D eigenvalue weighted by Crippen LogP contribution is -2.30. The molecule has 0 rings (SSSR count). The molecular formula is C68H110O6. The Kier molecular flexibility index (Phi) is 57.4. The monoisotopic (exact) mass is 1020 g/mol. The Balaban J connectivity index is 4.42. The Morgan fingerprint density at radius 1 is 0.284 bits per heavy atom. The smallest absolute Gasteiger partial charge is 0.306 e. The number of allylic oxidation sites excluding steroid dienone is 22. The third-order valence-electron chi connectivity index (χ3n) is 12.4. The highest BCUT2D eigenvalue weighted by molar-refractivity contribution is 5.71. The summed E-state index contributed by atoms with van der Waals surface area (Å²) in [4.78, 5) is 38.1. The van der Waals surface area contributed by atoms with Crippen molar-refractivity contribution in [2.24, 2.45) is 0 Å². The van der Waals surface area contributed by atoms with Crippen LogP contribution in [0.15, 0.2) is 134 Å². The van der Waals surface area contributed by atoms with Crippen molar-refractivity contribution in [3.8, 4) is 0 Å². The molecule has 0 radical (unpaired) electrons. The highest BCUT2D eigenvalue weighted by Crippen LogP contribution is 2.15. The zero-order chi connectivity index (χ0) is 53.6. The fourth-order valence-electron chi connectivity index (χ4n) is 7.89. The van der Waals surface area contributed by atoms with E-state index in [0.717, 1.165) is 135 Å². The van der Waals surface area contributed by atoms with Gasteiger partial charge in [0.15, 0.2) is 6.10 Å². The molecule has 0 saturated heterocycles. The number of ether oxygens (including phenoxy) is 3. The van der Waals surface area contributed by atoms with Gasteiger partial charge in [-0.3, -0.25) is 14.4 Å². The number of hydrogen-bond donors (Lipinski definition) is 0. The third-order valence-corrected chi connectivity index (χ3v) is 12.4. The molecule has 1 unspecified atom stereocenters. The molecule has 74 heavy (non-hydrogen) atoms. The minimum atomic E-state index is -0.810. The van der Waals surface area contributed by atoms with E-state index >= 15 is 0 Å². The van der Waals surface area contributed by atoms with Crippen LogP contribution in [0.5, 0.6) is 0 Å². The van der Waals surface area contributed by atoms with Gasteiger partial charge in [0.05, 0.1) is 0 Å². The van der Waals surface area contributed by atoms with Crippen molar-refractivity contribution in [3.63, 3.8) is 0 Å². The lowest BCUT2D eigenvalue weighted by molar-refractivity contribution is -0.167. The number of esters is 3. The molecule has 0 spiro atoms. The van der Waals surface area contributed by atoms with Crippen LogP contribution in [0.25, 0.3) is 0 Å². The Morgan fingerprint density at radius 3 is 0.932 bits per heavy atom. The van der Waals surface area contributed by atoms with Gasteiger partial charge in [0.1, 0.15) is 13.2 Å². The normalized spacial score (nSPS) is 13.1. The molecule has 0 saturated carbocycles. The average molecular weight is 1020 g/mol. The maximum absolute atomic E-state index is 12.8. The Labute approximate surface area is 455 Å². The second-order valence-corrected chi connectivity index (χ2v) is 19.5. The van der Waals surface area contributed by atoms with E-state index in [1.807, 2.05) is 0 Å². The van der Waals surface area contributed by atoms with Crippen molar-refractivity contribution in [1.82, 2.24) is 0 Å². The van der Waals surface area contributed by atoms with E-state index in [4.69, 9.17) is 14.2 Å². The first-order valence-electron chi connectivity index (χ1n) is 30.2. The molecule has 6 nitrogen and oxygen atoms in total. The minimum Gasteiger partial charge on any atom is -0.462 e. The van der Waals surface area contributed by atoms with Crippen molar-refractivity contribution < 1.29 is 28.6 Å². The van der Waals surface area contributed by atoms with Gasteiger partial charge in [-0.2, -0.15) is 0 Å². The van der Waals surface area contributed by atoms with E-state index in [9.17, 15) is 14.4 Å². The highest BCUT2D eigenvalue weighted by Gasteiger charge is 2.19. The van der Waals surface area contributed by atoms with Gasteiger partial charge in [-0.1, -0.05) is 264 Å². The van der Waals surface area contributed by atoms with Crippen LogP contribution in [0, 0.1) is 0 Å². The van der Waals surface area contributed by atoms with Gasteiger partial charge < -0.3 is 14.2 Å². The fourth-order valence-corrected chi connectivity index (χ4v) is 7.89. The molecule has 0 aromatic carbocycles. The molecule has 0 aromatic rings. The molecule has 0 bridgehead atoms. The van der Waals surface area contributed by atoms with Crippen LogP contribution in [-0.4, -0.2) is 37.2 Å². The number of rotatable bonds is 53. The van der Waals surface area contributed by atoms with Gasteiger partial charge in [-0.25, -0.2) is 0 Å². The highest BCUT2D eigenvalue weighted by atomic mass is 16.6. The molecule has 0 aliphatic heterocycles. The van der Waals surface area contributed by atoms with Crippen LogP contribution < -0.4 is 0 Å². The van der Waals surface area contributed by atoms with E-state index < -0.39 is 6.10 Å². The summed E-state index contributed by atoms with van der Waals surface area (Å²) in [5.41, 5.74) is 0. The Morgan fingerprint density at radius 2 is 0.568 bits per heavy atom. The Bertz CT molecular complexity index is 1600. The van der Waals surface area contributed by atoms with E-state index in [1.54, 1.807) is 0 Å². The van der Waals surface area contributed by atoms with Crippen LogP contribution in [0.3, 0.4) is 0 Å². The zero-order valence-electron chi connectivity index (χ0n) is 47.8. The number of carbonyl (C=O) groups is 3. The first-order valence-corrected chi connectivity index (χ1v) is 30.2. The maximum Gasteiger partial charge on any atom is 0.306 e. The lowest BCUT2D eigenvalue weighted by atomic mass is 10.0. The molecule has 0 heterocycles. The quantitative estimate of drug-likeness (QED) is 0.0261. The van der Waals surface area contributed by atoms with Gasteiger partial charge in [-0.15, -0.1) is 0 Å². The third kappa shape index (κ3) is 58.4. The molecule has 0 N–H and O–H groups in total. The van der Waals surface area contributed by atoms with Crippen LogP contribution in [0.4, 0.5) is 0 Å². The molecule has 0 amide bonds. The van der Waals surface area contributed by atoms with Gasteiger partial charge in [0.25, 0.3) is 0 Å². The second-order valence-electron chi connectivity index (χ2n) is 19.5. The van der Waals surface area contributed by atoms with Gasteiger partial charge in [0.2, 0.25) is 0 Å². The van der Waals surface area contributed by atoms with Gasteiger partial charge in [0, 0.05) is 19.3 Å². The summed E-state index contributed by atoms with van der Waals surface area (Å²) in [6, 6.07) is 0. The van der Waals surface area contributed by atoms with Crippen LogP contribution in [-0.2, 0) is 28.6 Å². The summed E-state index contributed by atoms with van der Waals surface area (Å²) >= 11 is 0. The minimum absolute atomic E-state index is 0.105. The molecule has 0 aliphatic carbocycles. The average Bonchev–Trinajstić information content (AvgIpc) is 3.40. The lowest BCUT2D eigenvalue weighted by Gasteiger charge is -2.18. The summed E-state index contributed by atoms with van der Waals surface area (Å²) in [5, 5.41) is 0. The van der Waals surface area contributed by atoms with Crippen molar-refractivity contribution in [2.45, 2.75) is 264 Å². The van der Waals surface area contributed by atoms with Crippen molar-refractivity contribution in [2.75, 3.05) is 13.2 Å². The van der Waals surface area contributed by atoms with E-state index in [-0.39, 0.29) is 37.5 Å². The molecular weight excluding hydrogens is 913 g/mol. The van der Waals surface area contributed by atoms with Crippen molar-refractivity contribution in [1.29, 1.82) is 0 Å². The second kappa shape index (κ2) is 61.1. The summed E-state index contributed by atoms with van der Waals surface area (Å²) < 4.78 is 16.8. The largest absolute Gasteiger partial charge is 0.462 e. The predicted molar refractivity (Wildman–Crippen MR) is 320 cm³/mol. The molecule has 6 heteroatoms. The zero-order valence-corrected chi connectivity index (χ0v) is 47.8. The first-order chi connectivity index (χ1) is 36.5. The number of hydrogen-bond acceptors (Lipinski definition) is 6. The van der Waals surface area contributed by atoms with E-state index in [1.165, 1.54) is 77.0 Å². The number of carbonyl (C=O) groups excluding carboxylic acids is 3. The van der Waals surface area contributed by atoms with E-state index in [0.29, 0.717) is 19.3 Å². The summed E-state index contributed by atoms with van der Waals surface area (Å²) in [6.45, 7) is 6.40. The molecule has 0 fully saturated rings. The predicted octanol–water partition coefficient (Wildman–Crippen LogP) is 20.6. The Hall–Kier alpha value is -4.45. The SMILES string of the molecule is CC/C=C\C/C=C\C/C=C\C/C=C\C/C=C\C/C=C\C/C=C\C/C=C\C/C=C\CCCC(=O)OCC(COC(=O)CCCCCCC/C=C\C/C=C\CCC)OC(=O)CCCCCCCCCCCCCCCC. The van der Waals surface area contributed by atoms with Crippen LogP contribution >= 0.6 is 0 Å². The van der Waals surface area contributed by atoms with Gasteiger partial charge >= 0.3 is 17.9 Å². The molecule has 418 valence electrons. The molecule has 0 aromatic heterocycles. The fraction of sp³-hybridized carbons (Fsp3) is 0.632. The molecule has 0 aliphatic rings. The standard InChI is InChI=1S/C68H110O6/c1-4-7-10-13-16-19-22-25-27-28-29-30-31-32-33-34-35-36-37-38-39-40-41-44-46-49-52-55-58-61-67(70)73-64-65(63-72-66(69)60-57-54-51-48-45-42-24-21-18-15-12-9-6-3)74-68(71)62-59-56-53-50-47-43-26-23-20-17-14-11-8-5-2/h7,10,12,15-16,19,21,24-25,27,29-30,32-33,35-36,38-39,41,44,49,52,65H,4-6,8-9,11,13-14,17-18,20,22-23,26,28,31,34,37,40,42-43,45-48,50-51,53-64H2,1-3H3/b10-7-,15-12-,19-16-,24-21-,27-25-,30-29-,33-32-,36-35-,39-38-,44-41-,52-49-. The maximum atomic E-state index is 12.8. The summed E-state index contributed by atoms with van der Waals surface area (Å²) in [5.74, 6) is -0.980. The first kappa shape index (κ1) is 69.5. The van der Waals surface area contributed by atoms with Gasteiger partial charge in [-0.05, 0) is 109 Å². The van der Waals surface area contributed by atoms with Crippen LogP contribution in [0.1, 0.15) is 258 Å². The van der Waals surface area contributed by atoms with Crippen molar-refractivity contribution in [3.05, 3.63) is 134 Å². The summed E-state index contributed by atoms with van der Waals surface area (Å²) in [6.07, 6.45) is 86.0. The van der Waals surface area contributed by atoms with Crippen molar-refractivity contribution >= 4 is 17.9 Å². The van der Waals surface area contributed by atoms with E-state index in [2.05, 4.69) is 154 Å². The van der Waals surface area contributed by atoms with Crippen LogP contribution in [0.2, 0.25) is 0 Å². The molecule has 1 atom stereocenters.